The van der Waals surface area contributed by atoms with Gasteiger partial charge in [-0.05, 0) is 24.6 Å². The summed E-state index contributed by atoms with van der Waals surface area (Å²) in [7, 11) is 1.65. The lowest BCUT2D eigenvalue weighted by molar-refractivity contribution is 0.416. The van der Waals surface area contributed by atoms with E-state index in [0.29, 0.717) is 0 Å². The molecule has 0 saturated heterocycles. The van der Waals surface area contributed by atoms with Crippen LogP contribution >= 0.6 is 45.9 Å². The Balaban J connectivity index is 2.27. The molecule has 1 unspecified atom stereocenters. The van der Waals surface area contributed by atoms with E-state index < -0.39 is 0 Å². The van der Waals surface area contributed by atoms with Gasteiger partial charge in [0.05, 0.1) is 11.4 Å². The number of ether oxygens (including phenoxy) is 1. The molecule has 0 aliphatic rings. The molecule has 16 heavy (non-hydrogen) atoms. The summed E-state index contributed by atoms with van der Waals surface area (Å²) in [5.41, 5.74) is 1.08. The normalized spacial score (nSPS) is 12.8. The predicted molar refractivity (Wildman–Crippen MR) is 72.6 cm³/mol. The van der Waals surface area contributed by atoms with Crippen LogP contribution in [0.25, 0.3) is 0 Å². The number of aryl methyl sites for hydroxylation is 1. The second-order valence-electron chi connectivity index (χ2n) is 3.36. The van der Waals surface area contributed by atoms with Crippen LogP contribution in [0.3, 0.4) is 0 Å². The zero-order valence-corrected chi connectivity index (χ0v) is 11.9. The summed E-state index contributed by atoms with van der Waals surface area (Å²) in [6, 6.07) is 4.00. The highest BCUT2D eigenvalue weighted by molar-refractivity contribution is 7.17. The third-order valence-electron chi connectivity index (χ3n) is 2.21. The summed E-state index contributed by atoms with van der Waals surface area (Å²) in [5, 5.41) is 1.82. The Morgan fingerprint density at radius 1 is 1.31 bits per heavy atom. The highest BCUT2D eigenvalue weighted by Crippen LogP contribution is 2.40. The van der Waals surface area contributed by atoms with Crippen LogP contribution in [0.1, 0.15) is 20.7 Å². The first-order valence-corrected chi connectivity index (χ1v) is 7.15. The Kier molecular flexibility index (Phi) is 3.80. The molecule has 86 valence electrons. The van der Waals surface area contributed by atoms with Gasteiger partial charge in [-0.15, -0.1) is 34.3 Å². The number of hydrogen-bond donors (Lipinski definition) is 0. The van der Waals surface area contributed by atoms with Crippen molar-refractivity contribution in [1.29, 1.82) is 0 Å². The van der Waals surface area contributed by atoms with Crippen LogP contribution in [0.4, 0.5) is 0 Å². The summed E-state index contributed by atoms with van der Waals surface area (Å²) < 4.78 is 5.95. The molecule has 0 bridgehead atoms. The lowest BCUT2D eigenvalue weighted by Gasteiger charge is -2.02. The highest BCUT2D eigenvalue weighted by Gasteiger charge is 2.17. The van der Waals surface area contributed by atoms with Crippen LogP contribution < -0.4 is 4.74 Å². The number of rotatable bonds is 3. The van der Waals surface area contributed by atoms with Gasteiger partial charge < -0.3 is 4.74 Å². The molecule has 1 atom stereocenters. The maximum atomic E-state index is 6.39. The zero-order valence-electron chi connectivity index (χ0n) is 8.79. The van der Waals surface area contributed by atoms with Crippen LogP contribution in [0, 0.1) is 6.92 Å². The van der Waals surface area contributed by atoms with E-state index in [1.165, 1.54) is 11.3 Å². The quantitative estimate of drug-likeness (QED) is 0.715. The van der Waals surface area contributed by atoms with Gasteiger partial charge in [0.2, 0.25) is 0 Å². The largest absolute Gasteiger partial charge is 0.496 e. The van der Waals surface area contributed by atoms with Crippen molar-refractivity contribution in [3.8, 4) is 5.75 Å². The van der Waals surface area contributed by atoms with Crippen LogP contribution in [-0.2, 0) is 0 Å². The van der Waals surface area contributed by atoms with Crippen molar-refractivity contribution in [3.63, 3.8) is 0 Å². The number of halogens is 2. The van der Waals surface area contributed by atoms with Crippen molar-refractivity contribution in [1.82, 2.24) is 0 Å². The van der Waals surface area contributed by atoms with E-state index in [4.69, 9.17) is 27.9 Å². The molecule has 5 heteroatoms. The van der Waals surface area contributed by atoms with Gasteiger partial charge in [-0.2, -0.15) is 0 Å². The molecule has 0 fully saturated rings. The molecule has 0 spiro atoms. The van der Waals surface area contributed by atoms with E-state index in [1.807, 2.05) is 24.4 Å². The highest BCUT2D eigenvalue weighted by atomic mass is 35.5. The van der Waals surface area contributed by atoms with E-state index in [-0.39, 0.29) is 5.38 Å². The topological polar surface area (TPSA) is 9.23 Å². The summed E-state index contributed by atoms with van der Waals surface area (Å²) >= 11 is 15.6. The fourth-order valence-electron chi connectivity index (χ4n) is 1.32. The van der Waals surface area contributed by atoms with Crippen LogP contribution in [0.2, 0.25) is 4.34 Å². The lowest BCUT2D eigenvalue weighted by Crippen LogP contribution is -1.85. The summed E-state index contributed by atoms with van der Waals surface area (Å²) in [6.07, 6.45) is 0. The molecule has 0 amide bonds. The Morgan fingerprint density at radius 2 is 2.06 bits per heavy atom. The number of thiophene rings is 2. The molecule has 1 nitrogen and oxygen atoms in total. The Morgan fingerprint density at radius 3 is 2.56 bits per heavy atom. The summed E-state index contributed by atoms with van der Waals surface area (Å²) in [6.45, 7) is 1.99. The minimum Gasteiger partial charge on any atom is -0.496 e. The molecule has 0 aliphatic carbocycles. The van der Waals surface area contributed by atoms with Gasteiger partial charge in [-0.3, -0.25) is 0 Å². The van der Waals surface area contributed by atoms with Crippen molar-refractivity contribution in [2.24, 2.45) is 0 Å². The smallest absolute Gasteiger partial charge is 0.129 e. The molecule has 2 aromatic heterocycles. The average Bonchev–Trinajstić information content (AvgIpc) is 2.86. The van der Waals surface area contributed by atoms with Crippen molar-refractivity contribution >= 4 is 45.9 Å². The minimum absolute atomic E-state index is 0.134. The van der Waals surface area contributed by atoms with E-state index in [2.05, 4.69) is 0 Å². The molecular formula is C11H10Cl2OS2. The fourth-order valence-corrected chi connectivity index (χ4v) is 3.87. The molecule has 0 aliphatic heterocycles. The lowest BCUT2D eigenvalue weighted by atomic mass is 10.2. The van der Waals surface area contributed by atoms with E-state index in [1.54, 1.807) is 18.4 Å². The van der Waals surface area contributed by atoms with Crippen molar-refractivity contribution in [2.45, 2.75) is 12.3 Å². The molecule has 2 heterocycles. The zero-order chi connectivity index (χ0) is 11.7. The Hall–Kier alpha value is -0.220. The molecule has 0 radical (unpaired) electrons. The van der Waals surface area contributed by atoms with Crippen molar-refractivity contribution < 1.29 is 4.74 Å². The average molecular weight is 293 g/mol. The molecule has 2 rings (SSSR count). The van der Waals surface area contributed by atoms with Gasteiger partial charge in [-0.1, -0.05) is 11.6 Å². The first kappa shape index (κ1) is 12.2. The van der Waals surface area contributed by atoms with Crippen LogP contribution in [0.15, 0.2) is 17.5 Å². The first-order chi connectivity index (χ1) is 7.61. The first-order valence-electron chi connectivity index (χ1n) is 4.64. The predicted octanol–water partition coefficient (Wildman–Crippen LogP) is 5.11. The SMILES string of the molecule is COc1csc(C(Cl)c2cc(C)c(Cl)s2)c1. The van der Waals surface area contributed by atoms with Crippen LogP contribution in [0.5, 0.6) is 5.75 Å². The molecular weight excluding hydrogens is 283 g/mol. The van der Waals surface area contributed by atoms with E-state index in [9.17, 15) is 0 Å². The minimum atomic E-state index is -0.134. The molecule has 0 N–H and O–H groups in total. The number of methoxy groups -OCH3 is 1. The second-order valence-corrected chi connectivity index (χ2v) is 6.42. The third kappa shape index (κ3) is 2.38. The second kappa shape index (κ2) is 4.96. The van der Waals surface area contributed by atoms with Crippen LogP contribution in [-0.4, -0.2) is 7.11 Å². The van der Waals surface area contributed by atoms with E-state index in [0.717, 1.165) is 25.4 Å². The maximum Gasteiger partial charge on any atom is 0.129 e. The van der Waals surface area contributed by atoms with Gasteiger partial charge >= 0.3 is 0 Å². The van der Waals surface area contributed by atoms with Gasteiger partial charge in [0.15, 0.2) is 0 Å². The molecule has 0 aromatic carbocycles. The Bertz CT molecular complexity index is 470. The third-order valence-corrected chi connectivity index (χ3v) is 5.53. The van der Waals surface area contributed by atoms with E-state index >= 15 is 0 Å². The molecule has 0 saturated carbocycles. The van der Waals surface area contributed by atoms with Crippen molar-refractivity contribution in [3.05, 3.63) is 37.2 Å². The van der Waals surface area contributed by atoms with Gasteiger partial charge in [0.25, 0.3) is 0 Å². The van der Waals surface area contributed by atoms with Gasteiger partial charge in [0, 0.05) is 15.1 Å². The fraction of sp³-hybridized carbons (Fsp3) is 0.273. The molecule has 2 aromatic rings. The Labute approximate surface area is 113 Å². The van der Waals surface area contributed by atoms with Crippen molar-refractivity contribution in [2.75, 3.05) is 7.11 Å². The summed E-state index contributed by atoms with van der Waals surface area (Å²) in [4.78, 5) is 2.16. The standard InChI is InChI=1S/C11H10Cl2OS2/c1-6-3-9(16-11(6)13)10(12)8-4-7(14-2)5-15-8/h3-5,10H,1-2H3. The number of alkyl halides is 1. The summed E-state index contributed by atoms with van der Waals surface area (Å²) in [5.74, 6) is 0.852. The number of hydrogen-bond acceptors (Lipinski definition) is 3. The van der Waals surface area contributed by atoms with Gasteiger partial charge in [0.1, 0.15) is 11.1 Å². The monoisotopic (exact) mass is 292 g/mol. The van der Waals surface area contributed by atoms with Gasteiger partial charge in [-0.25, -0.2) is 0 Å². The maximum absolute atomic E-state index is 6.39.